The van der Waals surface area contributed by atoms with Gasteiger partial charge in [-0.25, -0.2) is 0 Å². The first-order chi connectivity index (χ1) is 18.1. The van der Waals surface area contributed by atoms with Crippen molar-refractivity contribution in [3.8, 4) is 5.75 Å². The van der Waals surface area contributed by atoms with Gasteiger partial charge in [-0.3, -0.25) is 9.59 Å². The third-order valence-corrected chi connectivity index (χ3v) is 7.15. The Hall–Kier alpha value is -3.12. The van der Waals surface area contributed by atoms with Crippen molar-refractivity contribution in [2.75, 3.05) is 6.61 Å². The summed E-state index contributed by atoms with van der Waals surface area (Å²) in [7, 11) is 0. The fourth-order valence-corrected chi connectivity index (χ4v) is 4.33. The summed E-state index contributed by atoms with van der Waals surface area (Å²) in [6, 6.07) is 24.8. The van der Waals surface area contributed by atoms with Gasteiger partial charge in [-0.1, -0.05) is 98.2 Å². The van der Waals surface area contributed by atoms with Crippen molar-refractivity contribution in [3.63, 3.8) is 0 Å². The molecule has 0 spiro atoms. The molecule has 0 unspecified atom stereocenters. The van der Waals surface area contributed by atoms with Crippen LogP contribution in [0.1, 0.15) is 57.7 Å². The number of rotatable bonds is 11. The smallest absolute Gasteiger partial charge is 0.261 e. The molecular formula is C32H39BrN2O3. The maximum atomic E-state index is 13.7. The van der Waals surface area contributed by atoms with E-state index in [0.29, 0.717) is 18.7 Å². The average Bonchev–Trinajstić information content (AvgIpc) is 2.90. The number of hydrogen-bond acceptors (Lipinski definition) is 3. The van der Waals surface area contributed by atoms with Crippen LogP contribution < -0.4 is 10.1 Å². The lowest BCUT2D eigenvalue weighted by atomic mass is 9.87. The van der Waals surface area contributed by atoms with Crippen LogP contribution in [0.25, 0.3) is 0 Å². The van der Waals surface area contributed by atoms with Crippen LogP contribution in [0.3, 0.4) is 0 Å². The molecule has 0 fully saturated rings. The van der Waals surface area contributed by atoms with Crippen LogP contribution in [-0.4, -0.2) is 35.4 Å². The molecule has 202 valence electrons. The van der Waals surface area contributed by atoms with E-state index >= 15 is 0 Å². The van der Waals surface area contributed by atoms with E-state index in [9.17, 15) is 9.59 Å². The highest BCUT2D eigenvalue weighted by Crippen LogP contribution is 2.24. The number of ether oxygens (including phenoxy) is 1. The minimum absolute atomic E-state index is 0.00277. The van der Waals surface area contributed by atoms with Gasteiger partial charge in [-0.2, -0.15) is 0 Å². The molecule has 2 atom stereocenters. The monoisotopic (exact) mass is 578 g/mol. The molecule has 38 heavy (non-hydrogen) atoms. The number of amides is 2. The molecule has 0 heterocycles. The van der Waals surface area contributed by atoms with Crippen molar-refractivity contribution in [3.05, 3.63) is 100 Å². The Bertz CT molecular complexity index is 1170. The highest BCUT2D eigenvalue weighted by molar-refractivity contribution is 9.10. The van der Waals surface area contributed by atoms with E-state index in [4.69, 9.17) is 4.74 Å². The van der Waals surface area contributed by atoms with Gasteiger partial charge in [0.1, 0.15) is 11.8 Å². The van der Waals surface area contributed by atoms with Gasteiger partial charge in [0.25, 0.3) is 5.91 Å². The standard InChI is InChI=1S/C32H39BrN2O3/c1-6-23(2)34-31(37)29(20-24-10-8-7-9-11-24)35(21-25-12-16-27(33)17-13-25)30(36)22-38-28-18-14-26(15-19-28)32(3,4)5/h7-19,23,29H,6,20-22H2,1-5H3,(H,34,37)/t23-,29+/m1/s1. The lowest BCUT2D eigenvalue weighted by Gasteiger charge is -2.32. The number of benzene rings is 3. The van der Waals surface area contributed by atoms with E-state index < -0.39 is 6.04 Å². The summed E-state index contributed by atoms with van der Waals surface area (Å²) in [5, 5.41) is 3.09. The van der Waals surface area contributed by atoms with Crippen LogP contribution in [0.15, 0.2) is 83.3 Å². The molecule has 0 bridgehead atoms. The molecule has 0 aliphatic carbocycles. The minimum Gasteiger partial charge on any atom is -0.484 e. The van der Waals surface area contributed by atoms with E-state index in [1.807, 2.05) is 92.7 Å². The first-order valence-corrected chi connectivity index (χ1v) is 14.0. The number of halogens is 1. The lowest BCUT2D eigenvalue weighted by Crippen LogP contribution is -2.53. The Labute approximate surface area is 235 Å². The van der Waals surface area contributed by atoms with Crippen LogP contribution in [0.5, 0.6) is 5.75 Å². The predicted octanol–water partition coefficient (Wildman–Crippen LogP) is 6.68. The largest absolute Gasteiger partial charge is 0.484 e. The van der Waals surface area contributed by atoms with Crippen LogP contribution >= 0.6 is 15.9 Å². The zero-order valence-electron chi connectivity index (χ0n) is 23.0. The molecule has 0 saturated carbocycles. The van der Waals surface area contributed by atoms with Crippen molar-refractivity contribution in [2.24, 2.45) is 0 Å². The molecule has 3 rings (SSSR count). The number of nitrogens with one attached hydrogen (secondary N) is 1. The molecule has 0 radical (unpaired) electrons. The Kier molecular flexibility index (Phi) is 10.5. The Morgan fingerprint density at radius 3 is 2.13 bits per heavy atom. The normalized spacial score (nSPS) is 12.9. The number of carbonyl (C=O) groups is 2. The molecule has 5 nitrogen and oxygen atoms in total. The molecule has 2 amide bonds. The lowest BCUT2D eigenvalue weighted by molar-refractivity contribution is -0.143. The molecule has 1 N–H and O–H groups in total. The summed E-state index contributed by atoms with van der Waals surface area (Å²) in [5.74, 6) is 0.217. The van der Waals surface area contributed by atoms with E-state index in [1.54, 1.807) is 4.90 Å². The Morgan fingerprint density at radius 1 is 0.921 bits per heavy atom. The van der Waals surface area contributed by atoms with E-state index in [1.165, 1.54) is 5.56 Å². The van der Waals surface area contributed by atoms with Gasteiger partial charge in [0.05, 0.1) is 0 Å². The summed E-state index contributed by atoms with van der Waals surface area (Å²) >= 11 is 3.48. The van der Waals surface area contributed by atoms with Gasteiger partial charge >= 0.3 is 0 Å². The van der Waals surface area contributed by atoms with Gasteiger partial charge < -0.3 is 15.0 Å². The number of carbonyl (C=O) groups excluding carboxylic acids is 2. The van der Waals surface area contributed by atoms with E-state index in [-0.39, 0.29) is 29.9 Å². The number of nitrogens with zero attached hydrogens (tertiary/aromatic N) is 1. The van der Waals surface area contributed by atoms with Crippen LogP contribution in [0, 0.1) is 0 Å². The zero-order valence-corrected chi connectivity index (χ0v) is 24.6. The van der Waals surface area contributed by atoms with Crippen molar-refractivity contribution >= 4 is 27.7 Å². The zero-order chi connectivity index (χ0) is 27.7. The topological polar surface area (TPSA) is 58.6 Å². The number of hydrogen-bond donors (Lipinski definition) is 1. The first-order valence-electron chi connectivity index (χ1n) is 13.2. The highest BCUT2D eigenvalue weighted by Gasteiger charge is 2.31. The van der Waals surface area contributed by atoms with Crippen LogP contribution in [0.4, 0.5) is 0 Å². The molecule has 0 aliphatic rings. The third-order valence-electron chi connectivity index (χ3n) is 6.62. The molecule has 3 aromatic carbocycles. The summed E-state index contributed by atoms with van der Waals surface area (Å²) in [4.78, 5) is 28.9. The average molecular weight is 580 g/mol. The summed E-state index contributed by atoms with van der Waals surface area (Å²) < 4.78 is 6.88. The second-order valence-electron chi connectivity index (χ2n) is 10.7. The van der Waals surface area contributed by atoms with Gasteiger partial charge in [0.2, 0.25) is 5.91 Å². The minimum atomic E-state index is -0.686. The summed E-state index contributed by atoms with van der Waals surface area (Å²) in [5.41, 5.74) is 3.15. The Balaban J connectivity index is 1.88. The maximum absolute atomic E-state index is 13.7. The summed E-state index contributed by atoms with van der Waals surface area (Å²) in [6.07, 6.45) is 1.21. The molecular weight excluding hydrogens is 540 g/mol. The molecule has 6 heteroatoms. The van der Waals surface area contributed by atoms with Gasteiger partial charge in [0, 0.05) is 23.5 Å². The first kappa shape index (κ1) is 29.4. The summed E-state index contributed by atoms with van der Waals surface area (Å²) in [6.45, 7) is 10.6. The van der Waals surface area contributed by atoms with Crippen molar-refractivity contribution in [1.82, 2.24) is 10.2 Å². The van der Waals surface area contributed by atoms with Crippen molar-refractivity contribution in [1.29, 1.82) is 0 Å². The second-order valence-corrected chi connectivity index (χ2v) is 11.7. The third kappa shape index (κ3) is 8.73. The van der Waals surface area contributed by atoms with Gasteiger partial charge in [-0.05, 0) is 59.7 Å². The molecule has 0 saturated heterocycles. The molecule has 0 aromatic heterocycles. The molecule has 3 aromatic rings. The van der Waals surface area contributed by atoms with E-state index in [2.05, 4.69) is 42.0 Å². The van der Waals surface area contributed by atoms with Crippen LogP contribution in [0.2, 0.25) is 0 Å². The van der Waals surface area contributed by atoms with Crippen molar-refractivity contribution < 1.29 is 14.3 Å². The molecule has 0 aliphatic heterocycles. The van der Waals surface area contributed by atoms with Gasteiger partial charge in [-0.15, -0.1) is 0 Å². The predicted molar refractivity (Wildman–Crippen MR) is 157 cm³/mol. The SMILES string of the molecule is CC[C@@H](C)NC(=O)[C@H](Cc1ccccc1)N(Cc1ccc(Br)cc1)C(=O)COc1ccc(C(C)(C)C)cc1. The quantitative estimate of drug-likeness (QED) is 0.276. The second kappa shape index (κ2) is 13.6. The fraction of sp³-hybridized carbons (Fsp3) is 0.375. The highest BCUT2D eigenvalue weighted by atomic mass is 79.9. The van der Waals surface area contributed by atoms with Crippen LogP contribution in [-0.2, 0) is 28.0 Å². The maximum Gasteiger partial charge on any atom is 0.261 e. The van der Waals surface area contributed by atoms with Gasteiger partial charge in [0.15, 0.2) is 6.61 Å². The van der Waals surface area contributed by atoms with E-state index in [0.717, 1.165) is 22.0 Å². The fourth-order valence-electron chi connectivity index (χ4n) is 4.06. The van der Waals surface area contributed by atoms with Crippen molar-refractivity contribution in [2.45, 2.75) is 71.5 Å². The Morgan fingerprint density at radius 2 is 1.55 bits per heavy atom.